The molecule has 7 heteroatoms. The van der Waals surface area contributed by atoms with Crippen molar-refractivity contribution < 1.29 is 14.3 Å². The van der Waals surface area contributed by atoms with Gasteiger partial charge in [0, 0.05) is 16.8 Å². The lowest BCUT2D eigenvalue weighted by Gasteiger charge is -2.15. The quantitative estimate of drug-likeness (QED) is 0.185. The van der Waals surface area contributed by atoms with E-state index < -0.39 is 0 Å². The largest absolute Gasteiger partial charge is 0.494 e. The van der Waals surface area contributed by atoms with E-state index in [1.165, 1.54) is 25.7 Å². The third-order valence-electron chi connectivity index (χ3n) is 5.89. The first kappa shape index (κ1) is 27.9. The van der Waals surface area contributed by atoms with E-state index in [-0.39, 0.29) is 23.0 Å². The molecule has 3 N–H and O–H groups in total. The van der Waals surface area contributed by atoms with Crippen molar-refractivity contribution in [2.45, 2.75) is 52.0 Å². The highest BCUT2D eigenvalue weighted by Crippen LogP contribution is 2.16. The van der Waals surface area contributed by atoms with E-state index in [4.69, 9.17) is 17.0 Å². The number of thiocarbonyl (C=S) groups is 1. The molecule has 0 radical (unpaired) electrons. The molecule has 2 amide bonds. The first-order valence-corrected chi connectivity index (χ1v) is 13.2. The van der Waals surface area contributed by atoms with Gasteiger partial charge in [-0.15, -0.1) is 0 Å². The van der Waals surface area contributed by atoms with Crippen molar-refractivity contribution in [1.82, 2.24) is 10.6 Å². The Morgan fingerprint density at radius 2 is 1.57 bits per heavy atom. The number of nitrogens with one attached hydrogen (secondary N) is 3. The maximum absolute atomic E-state index is 12.7. The number of benzene rings is 3. The van der Waals surface area contributed by atoms with Crippen LogP contribution in [0.5, 0.6) is 5.75 Å². The van der Waals surface area contributed by atoms with Crippen molar-refractivity contribution in [3.63, 3.8) is 0 Å². The third-order valence-corrected chi connectivity index (χ3v) is 6.09. The maximum Gasteiger partial charge on any atom is 0.257 e. The lowest BCUT2D eigenvalue weighted by molar-refractivity contribution is 0.0938. The zero-order chi connectivity index (χ0) is 26.5. The second-order valence-electron chi connectivity index (χ2n) is 8.88. The molecule has 0 aliphatic rings. The Balaban J connectivity index is 1.47. The van der Waals surface area contributed by atoms with Crippen molar-refractivity contribution >= 4 is 34.8 Å². The van der Waals surface area contributed by atoms with Crippen LogP contribution in [-0.2, 0) is 0 Å². The highest BCUT2D eigenvalue weighted by molar-refractivity contribution is 7.80. The van der Waals surface area contributed by atoms with Crippen LogP contribution in [0, 0.1) is 0 Å². The molecule has 0 aliphatic carbocycles. The summed E-state index contributed by atoms with van der Waals surface area (Å²) < 4.78 is 5.76. The molecule has 0 saturated carbocycles. The molecule has 0 fully saturated rings. The van der Waals surface area contributed by atoms with E-state index in [9.17, 15) is 9.59 Å². The van der Waals surface area contributed by atoms with E-state index in [2.05, 4.69) is 22.9 Å². The van der Waals surface area contributed by atoms with Crippen LogP contribution in [0.25, 0.3) is 0 Å². The number of ether oxygens (including phenoxy) is 1. The lowest BCUT2D eigenvalue weighted by Crippen LogP contribution is -2.34. The van der Waals surface area contributed by atoms with Crippen LogP contribution in [0.2, 0.25) is 0 Å². The van der Waals surface area contributed by atoms with Gasteiger partial charge in [-0.1, -0.05) is 69.0 Å². The molecule has 37 heavy (non-hydrogen) atoms. The standard InChI is InChI=1S/C30H35N3O3S/c1-3-4-5-6-10-20-36-27-18-16-24(17-19-27)28(34)33-30(37)32-26-15-11-14-25(21-26)29(35)31-22(2)23-12-8-7-9-13-23/h7-9,11-19,21-22H,3-6,10,20H2,1-2H3,(H,31,35)(H2,32,33,34,37). The monoisotopic (exact) mass is 517 g/mol. The summed E-state index contributed by atoms with van der Waals surface area (Å²) in [7, 11) is 0. The number of carbonyl (C=O) groups is 2. The molecule has 0 aromatic heterocycles. The summed E-state index contributed by atoms with van der Waals surface area (Å²) in [6.07, 6.45) is 5.91. The zero-order valence-corrected chi connectivity index (χ0v) is 22.3. The van der Waals surface area contributed by atoms with Gasteiger partial charge in [0.15, 0.2) is 5.11 Å². The molecular weight excluding hydrogens is 482 g/mol. The molecule has 3 rings (SSSR count). The molecule has 0 spiro atoms. The second-order valence-corrected chi connectivity index (χ2v) is 9.29. The number of hydrogen-bond donors (Lipinski definition) is 3. The summed E-state index contributed by atoms with van der Waals surface area (Å²) >= 11 is 5.31. The fourth-order valence-electron chi connectivity index (χ4n) is 3.78. The van der Waals surface area contributed by atoms with Crippen molar-refractivity contribution in [3.8, 4) is 5.75 Å². The van der Waals surface area contributed by atoms with E-state index in [0.29, 0.717) is 23.4 Å². The average molecular weight is 518 g/mol. The molecule has 1 unspecified atom stereocenters. The summed E-state index contributed by atoms with van der Waals surface area (Å²) in [5.41, 5.74) is 2.59. The lowest BCUT2D eigenvalue weighted by atomic mass is 10.1. The van der Waals surface area contributed by atoms with Gasteiger partial charge in [-0.05, 0) is 73.6 Å². The normalized spacial score (nSPS) is 11.3. The van der Waals surface area contributed by atoms with Crippen LogP contribution in [0.3, 0.4) is 0 Å². The van der Waals surface area contributed by atoms with Crippen LogP contribution in [0.1, 0.15) is 78.3 Å². The fraction of sp³-hybridized carbons (Fsp3) is 0.300. The Bertz CT molecular complexity index is 1170. The molecular formula is C30H35N3O3S. The molecule has 0 bridgehead atoms. The Labute approximate surface area is 224 Å². The third kappa shape index (κ3) is 9.35. The molecule has 3 aromatic rings. The van der Waals surface area contributed by atoms with Gasteiger partial charge in [0.05, 0.1) is 12.6 Å². The highest BCUT2D eigenvalue weighted by atomic mass is 32.1. The molecule has 6 nitrogen and oxygen atoms in total. The number of hydrogen-bond acceptors (Lipinski definition) is 4. The van der Waals surface area contributed by atoms with Crippen molar-refractivity contribution in [3.05, 3.63) is 95.6 Å². The van der Waals surface area contributed by atoms with Gasteiger partial charge >= 0.3 is 0 Å². The summed E-state index contributed by atoms with van der Waals surface area (Å²) in [6, 6.07) is 23.6. The van der Waals surface area contributed by atoms with Gasteiger partial charge in [0.2, 0.25) is 0 Å². The Hall–Kier alpha value is -3.71. The summed E-state index contributed by atoms with van der Waals surface area (Å²) in [5, 5.41) is 8.80. The van der Waals surface area contributed by atoms with Gasteiger partial charge in [-0.2, -0.15) is 0 Å². The Morgan fingerprint density at radius 1 is 0.838 bits per heavy atom. The van der Waals surface area contributed by atoms with Crippen LogP contribution in [0.15, 0.2) is 78.9 Å². The van der Waals surface area contributed by atoms with Crippen LogP contribution in [-0.4, -0.2) is 23.5 Å². The number of rotatable bonds is 12. The topological polar surface area (TPSA) is 79.5 Å². The number of amides is 2. The van der Waals surface area contributed by atoms with Crippen LogP contribution in [0.4, 0.5) is 5.69 Å². The van der Waals surface area contributed by atoms with Gasteiger partial charge in [-0.25, -0.2) is 0 Å². The minimum Gasteiger partial charge on any atom is -0.494 e. The minimum atomic E-state index is -0.325. The number of carbonyl (C=O) groups excluding carboxylic acids is 2. The molecule has 0 aliphatic heterocycles. The summed E-state index contributed by atoms with van der Waals surface area (Å²) in [4.78, 5) is 25.3. The van der Waals surface area contributed by atoms with E-state index >= 15 is 0 Å². The fourth-order valence-corrected chi connectivity index (χ4v) is 3.99. The van der Waals surface area contributed by atoms with E-state index in [1.54, 1.807) is 48.5 Å². The van der Waals surface area contributed by atoms with Gasteiger partial charge in [0.1, 0.15) is 5.75 Å². The first-order chi connectivity index (χ1) is 18.0. The highest BCUT2D eigenvalue weighted by Gasteiger charge is 2.13. The SMILES string of the molecule is CCCCCCCOc1ccc(C(=O)NC(=S)Nc2cccc(C(=O)NC(C)c3ccccc3)c2)cc1. The summed E-state index contributed by atoms with van der Waals surface area (Å²) in [5.74, 6) is 0.219. The van der Waals surface area contributed by atoms with Gasteiger partial charge in [-0.3, -0.25) is 14.9 Å². The van der Waals surface area contributed by atoms with Crippen LogP contribution >= 0.6 is 12.2 Å². The van der Waals surface area contributed by atoms with E-state index in [1.807, 2.05) is 37.3 Å². The molecule has 0 saturated heterocycles. The second kappa shape index (κ2) is 14.8. The molecule has 194 valence electrons. The zero-order valence-electron chi connectivity index (χ0n) is 21.5. The van der Waals surface area contributed by atoms with Crippen molar-refractivity contribution in [1.29, 1.82) is 0 Å². The minimum absolute atomic E-state index is 0.131. The van der Waals surface area contributed by atoms with E-state index in [0.717, 1.165) is 17.7 Å². The molecule has 0 heterocycles. The number of anilines is 1. The Morgan fingerprint density at radius 3 is 2.30 bits per heavy atom. The Kier molecular flexibility index (Phi) is 11.1. The molecule has 1 atom stereocenters. The predicted molar refractivity (Wildman–Crippen MR) is 153 cm³/mol. The summed E-state index contributed by atoms with van der Waals surface area (Å²) in [6.45, 7) is 4.81. The predicted octanol–water partition coefficient (Wildman–Crippen LogP) is 6.65. The van der Waals surface area contributed by atoms with Gasteiger partial charge in [0.25, 0.3) is 11.8 Å². The smallest absolute Gasteiger partial charge is 0.257 e. The molecule has 3 aromatic carbocycles. The van der Waals surface area contributed by atoms with Crippen molar-refractivity contribution in [2.75, 3.05) is 11.9 Å². The van der Waals surface area contributed by atoms with Crippen molar-refractivity contribution in [2.24, 2.45) is 0 Å². The average Bonchev–Trinajstić information content (AvgIpc) is 2.91. The number of unbranched alkanes of at least 4 members (excludes halogenated alkanes) is 4. The maximum atomic E-state index is 12.7. The van der Waals surface area contributed by atoms with Crippen LogP contribution < -0.4 is 20.7 Å². The van der Waals surface area contributed by atoms with Gasteiger partial charge < -0.3 is 15.4 Å². The first-order valence-electron chi connectivity index (χ1n) is 12.8.